The minimum Gasteiger partial charge on any atom is -0.345 e. The van der Waals surface area contributed by atoms with Crippen molar-refractivity contribution in [3.63, 3.8) is 0 Å². The molecule has 164 valence electrons. The van der Waals surface area contributed by atoms with Crippen molar-refractivity contribution < 1.29 is 21.6 Å². The van der Waals surface area contributed by atoms with E-state index in [0.717, 1.165) is 41.8 Å². The SMILES string of the molecule is CCC1CC(CNS(=O)(=O)CCC(F)(F)F)CC1c1cnc2cnc3[nH]ccc3n12. The van der Waals surface area contributed by atoms with Gasteiger partial charge in [0.25, 0.3) is 0 Å². The molecule has 1 fully saturated rings. The van der Waals surface area contributed by atoms with Gasteiger partial charge < -0.3 is 4.98 Å². The summed E-state index contributed by atoms with van der Waals surface area (Å²) < 4.78 is 65.4. The summed E-state index contributed by atoms with van der Waals surface area (Å²) in [5, 5.41) is 0. The molecule has 4 rings (SSSR count). The van der Waals surface area contributed by atoms with Crippen molar-refractivity contribution in [3.8, 4) is 0 Å². The molecule has 0 amide bonds. The first kappa shape index (κ1) is 21.1. The monoisotopic (exact) mass is 443 g/mol. The Morgan fingerprint density at radius 2 is 2.07 bits per heavy atom. The van der Waals surface area contributed by atoms with Gasteiger partial charge >= 0.3 is 6.18 Å². The van der Waals surface area contributed by atoms with Crippen LogP contribution in [0.1, 0.15) is 44.2 Å². The number of nitrogens with zero attached hydrogens (tertiary/aromatic N) is 3. The Labute approximate surface area is 172 Å². The maximum Gasteiger partial charge on any atom is 0.390 e. The second-order valence-electron chi connectivity index (χ2n) is 7.99. The molecule has 0 bridgehead atoms. The fourth-order valence-electron chi connectivity index (χ4n) is 4.54. The molecule has 3 heterocycles. The molecule has 3 atom stereocenters. The average molecular weight is 443 g/mol. The number of nitrogens with one attached hydrogen (secondary N) is 2. The first-order valence-corrected chi connectivity index (χ1v) is 11.7. The fraction of sp³-hybridized carbons (Fsp3) is 0.579. The Bertz CT molecular complexity index is 1140. The standard InChI is InChI=1S/C19H24F3N5O2S/c1-2-13-7-12(9-26-30(28,29)6-4-19(20,21)22)8-14(13)16-10-24-17-11-25-18-15(27(16)17)3-5-23-18/h3,5,10-14,23,26H,2,4,6-9H2,1H3. The number of hydrogen-bond acceptors (Lipinski definition) is 4. The third kappa shape index (κ3) is 4.31. The third-order valence-electron chi connectivity index (χ3n) is 6.01. The van der Waals surface area contributed by atoms with Crippen LogP contribution in [0.2, 0.25) is 0 Å². The van der Waals surface area contributed by atoms with Gasteiger partial charge in [-0.1, -0.05) is 13.3 Å². The van der Waals surface area contributed by atoms with Crippen molar-refractivity contribution in [2.45, 2.75) is 44.7 Å². The molecule has 1 saturated carbocycles. The molecule has 3 aromatic rings. The minimum absolute atomic E-state index is 0.0646. The zero-order chi connectivity index (χ0) is 21.5. The van der Waals surface area contributed by atoms with Gasteiger partial charge in [-0.25, -0.2) is 23.1 Å². The number of fused-ring (bicyclic) bond motifs is 3. The van der Waals surface area contributed by atoms with Crippen molar-refractivity contribution in [3.05, 3.63) is 30.4 Å². The third-order valence-corrected chi connectivity index (χ3v) is 7.36. The van der Waals surface area contributed by atoms with E-state index in [2.05, 4.69) is 31.0 Å². The lowest BCUT2D eigenvalue weighted by atomic mass is 9.91. The molecule has 0 aliphatic heterocycles. The molecule has 1 aliphatic rings. The molecule has 1 aliphatic carbocycles. The van der Waals surface area contributed by atoms with Gasteiger partial charge in [0.1, 0.15) is 0 Å². The number of aromatic nitrogens is 4. The van der Waals surface area contributed by atoms with Crippen LogP contribution in [-0.4, -0.2) is 46.2 Å². The lowest BCUT2D eigenvalue weighted by Crippen LogP contribution is -2.32. The van der Waals surface area contributed by atoms with Crippen LogP contribution in [0.3, 0.4) is 0 Å². The Hall–Kier alpha value is -2.14. The second-order valence-corrected chi connectivity index (χ2v) is 9.92. The van der Waals surface area contributed by atoms with E-state index in [1.807, 2.05) is 18.5 Å². The molecule has 0 radical (unpaired) electrons. The maximum atomic E-state index is 12.3. The number of aromatic amines is 1. The largest absolute Gasteiger partial charge is 0.390 e. The summed E-state index contributed by atoms with van der Waals surface area (Å²) in [6.45, 7) is 2.26. The van der Waals surface area contributed by atoms with Crippen molar-refractivity contribution >= 4 is 26.8 Å². The fourth-order valence-corrected chi connectivity index (χ4v) is 5.68. The van der Waals surface area contributed by atoms with E-state index in [9.17, 15) is 21.6 Å². The molecule has 3 aromatic heterocycles. The lowest BCUT2D eigenvalue weighted by Gasteiger charge is -2.17. The topological polar surface area (TPSA) is 92.2 Å². The Morgan fingerprint density at radius 3 is 2.80 bits per heavy atom. The molecule has 0 saturated heterocycles. The number of rotatable bonds is 7. The minimum atomic E-state index is -4.48. The van der Waals surface area contributed by atoms with Gasteiger partial charge in [-0.2, -0.15) is 13.2 Å². The first-order chi connectivity index (χ1) is 14.2. The molecule has 0 aromatic carbocycles. The van der Waals surface area contributed by atoms with Gasteiger partial charge in [-0.05, 0) is 30.7 Å². The van der Waals surface area contributed by atoms with Crippen LogP contribution in [0.4, 0.5) is 13.2 Å². The zero-order valence-electron chi connectivity index (χ0n) is 16.5. The van der Waals surface area contributed by atoms with E-state index in [1.165, 1.54) is 0 Å². The molecule has 2 N–H and O–H groups in total. The summed E-state index contributed by atoms with van der Waals surface area (Å²) in [5.74, 6) is -0.336. The van der Waals surface area contributed by atoms with Gasteiger partial charge in [0.05, 0.1) is 23.9 Å². The highest BCUT2D eigenvalue weighted by Gasteiger charge is 2.37. The highest BCUT2D eigenvalue weighted by atomic mass is 32.2. The highest BCUT2D eigenvalue weighted by molar-refractivity contribution is 7.89. The summed E-state index contributed by atoms with van der Waals surface area (Å²) in [5.41, 5.74) is 3.52. The quantitative estimate of drug-likeness (QED) is 0.584. The van der Waals surface area contributed by atoms with E-state index < -0.39 is 28.4 Å². The Balaban J connectivity index is 1.50. The predicted octanol–water partition coefficient (Wildman–Crippen LogP) is 3.60. The van der Waals surface area contributed by atoms with Crippen LogP contribution in [-0.2, 0) is 10.0 Å². The van der Waals surface area contributed by atoms with Gasteiger partial charge in [0, 0.05) is 30.6 Å². The molecule has 3 unspecified atom stereocenters. The molecule has 7 nitrogen and oxygen atoms in total. The second kappa shape index (κ2) is 7.84. The number of hydrogen-bond donors (Lipinski definition) is 2. The maximum absolute atomic E-state index is 12.3. The smallest absolute Gasteiger partial charge is 0.345 e. The predicted molar refractivity (Wildman–Crippen MR) is 107 cm³/mol. The normalized spacial score (nSPS) is 23.0. The molecular weight excluding hydrogens is 419 g/mol. The number of halogens is 3. The van der Waals surface area contributed by atoms with Crippen molar-refractivity contribution in [1.29, 1.82) is 0 Å². The number of alkyl halides is 3. The van der Waals surface area contributed by atoms with Crippen LogP contribution in [0.25, 0.3) is 16.8 Å². The highest BCUT2D eigenvalue weighted by Crippen LogP contribution is 2.45. The van der Waals surface area contributed by atoms with E-state index in [-0.39, 0.29) is 18.4 Å². The van der Waals surface area contributed by atoms with Gasteiger partial charge in [-0.3, -0.25) is 4.40 Å². The molecule has 30 heavy (non-hydrogen) atoms. The van der Waals surface area contributed by atoms with Crippen LogP contribution in [0.15, 0.2) is 24.7 Å². The van der Waals surface area contributed by atoms with Gasteiger partial charge in [0.15, 0.2) is 11.3 Å². The summed E-state index contributed by atoms with van der Waals surface area (Å²) in [6, 6.07) is 1.95. The van der Waals surface area contributed by atoms with Crippen LogP contribution in [0.5, 0.6) is 0 Å². The van der Waals surface area contributed by atoms with Crippen molar-refractivity contribution in [1.82, 2.24) is 24.1 Å². The molecular formula is C19H24F3N5O2S. The van der Waals surface area contributed by atoms with E-state index >= 15 is 0 Å². The Kier molecular flexibility index (Phi) is 5.52. The molecule has 0 spiro atoms. The van der Waals surface area contributed by atoms with Crippen LogP contribution >= 0.6 is 0 Å². The number of H-pyrrole nitrogens is 1. The lowest BCUT2D eigenvalue weighted by molar-refractivity contribution is -0.129. The van der Waals surface area contributed by atoms with Crippen molar-refractivity contribution in [2.75, 3.05) is 12.3 Å². The summed E-state index contributed by atoms with van der Waals surface area (Å²) in [4.78, 5) is 11.9. The van der Waals surface area contributed by atoms with Crippen LogP contribution < -0.4 is 4.72 Å². The molecule has 11 heteroatoms. The van der Waals surface area contributed by atoms with Crippen LogP contribution in [0, 0.1) is 11.8 Å². The van der Waals surface area contributed by atoms with E-state index in [1.54, 1.807) is 6.20 Å². The first-order valence-electron chi connectivity index (χ1n) is 10.0. The number of sulfonamides is 1. The number of imidazole rings is 1. The van der Waals surface area contributed by atoms with E-state index in [4.69, 9.17) is 0 Å². The Morgan fingerprint density at radius 1 is 1.27 bits per heavy atom. The summed E-state index contributed by atoms with van der Waals surface area (Å²) >= 11 is 0. The summed E-state index contributed by atoms with van der Waals surface area (Å²) in [6.07, 6.45) is 2.07. The average Bonchev–Trinajstić information content (AvgIpc) is 3.40. The van der Waals surface area contributed by atoms with Gasteiger partial charge in [-0.15, -0.1) is 0 Å². The van der Waals surface area contributed by atoms with Crippen molar-refractivity contribution in [2.24, 2.45) is 11.8 Å². The summed E-state index contributed by atoms with van der Waals surface area (Å²) in [7, 11) is -3.95. The van der Waals surface area contributed by atoms with E-state index in [0.29, 0.717) is 5.92 Å². The zero-order valence-corrected chi connectivity index (χ0v) is 17.3. The van der Waals surface area contributed by atoms with Gasteiger partial charge in [0.2, 0.25) is 10.0 Å².